The first kappa shape index (κ1) is 19.7. The van der Waals surface area contributed by atoms with Crippen molar-refractivity contribution in [2.24, 2.45) is 0 Å². The Morgan fingerprint density at radius 3 is 2.74 bits per heavy atom. The lowest BCUT2D eigenvalue weighted by Crippen LogP contribution is -2.35. The number of thioether (sulfide) groups is 1. The standard InChI is InChI=1S/C21H22FNO2S2/c1-15-10-11-23(14-18-5-3-12-26-18)20(19(15)21(24)25)27-13-2-4-16-6-8-17(22)9-7-16/h3,5-12,20H,2,4,13-14H2,1H3,(H,24,25). The number of nitrogens with zero attached hydrogens (tertiary/aromatic N) is 1. The van der Waals surface area contributed by atoms with Crippen LogP contribution in [-0.2, 0) is 17.8 Å². The number of hydrogen-bond donors (Lipinski definition) is 1. The Balaban J connectivity index is 1.64. The van der Waals surface area contributed by atoms with Crippen LogP contribution in [-0.4, -0.2) is 27.1 Å². The average Bonchev–Trinajstić information content (AvgIpc) is 3.15. The molecule has 1 atom stereocenters. The summed E-state index contributed by atoms with van der Waals surface area (Å²) >= 11 is 3.33. The second kappa shape index (κ2) is 9.24. The van der Waals surface area contributed by atoms with Crippen molar-refractivity contribution in [3.05, 3.63) is 81.5 Å². The van der Waals surface area contributed by atoms with E-state index in [-0.39, 0.29) is 11.2 Å². The van der Waals surface area contributed by atoms with Gasteiger partial charge in [-0.2, -0.15) is 0 Å². The number of rotatable bonds is 8. The minimum atomic E-state index is -0.857. The maximum Gasteiger partial charge on any atom is 0.334 e. The Labute approximate surface area is 167 Å². The zero-order chi connectivity index (χ0) is 19.2. The maximum absolute atomic E-state index is 13.0. The van der Waals surface area contributed by atoms with Gasteiger partial charge in [-0.3, -0.25) is 0 Å². The number of benzene rings is 1. The fourth-order valence-corrected chi connectivity index (χ4v) is 5.07. The lowest BCUT2D eigenvalue weighted by atomic mass is 10.1. The Hall–Kier alpha value is -2.05. The van der Waals surface area contributed by atoms with Gasteiger partial charge < -0.3 is 10.0 Å². The smallest absolute Gasteiger partial charge is 0.334 e. The molecule has 142 valence electrons. The molecule has 1 aliphatic rings. The van der Waals surface area contributed by atoms with Gasteiger partial charge in [0, 0.05) is 11.1 Å². The van der Waals surface area contributed by atoms with Gasteiger partial charge in [-0.1, -0.05) is 18.2 Å². The summed E-state index contributed by atoms with van der Waals surface area (Å²) in [6, 6.07) is 10.6. The monoisotopic (exact) mass is 403 g/mol. The van der Waals surface area contributed by atoms with Crippen molar-refractivity contribution in [2.75, 3.05) is 5.75 Å². The lowest BCUT2D eigenvalue weighted by molar-refractivity contribution is -0.133. The quantitative estimate of drug-likeness (QED) is 0.607. The third kappa shape index (κ3) is 5.23. The van der Waals surface area contributed by atoms with Crippen molar-refractivity contribution in [2.45, 2.75) is 31.7 Å². The predicted molar refractivity (Wildman–Crippen MR) is 110 cm³/mol. The molecule has 1 N–H and O–H groups in total. The molecule has 0 aliphatic carbocycles. The Kier molecular flexibility index (Phi) is 6.74. The van der Waals surface area contributed by atoms with E-state index in [9.17, 15) is 14.3 Å². The van der Waals surface area contributed by atoms with Crippen molar-refractivity contribution in [3.8, 4) is 0 Å². The summed E-state index contributed by atoms with van der Waals surface area (Å²) in [6.07, 6.45) is 5.65. The molecule has 2 heterocycles. The predicted octanol–water partition coefficient (Wildman–Crippen LogP) is 5.31. The fraction of sp³-hybridized carbons (Fsp3) is 0.286. The van der Waals surface area contributed by atoms with Gasteiger partial charge in [-0.25, -0.2) is 9.18 Å². The molecule has 27 heavy (non-hydrogen) atoms. The zero-order valence-corrected chi connectivity index (χ0v) is 16.7. The lowest BCUT2D eigenvalue weighted by Gasteiger charge is -2.34. The van der Waals surface area contributed by atoms with Gasteiger partial charge in [0.15, 0.2) is 0 Å². The van der Waals surface area contributed by atoms with Crippen LogP contribution in [0.2, 0.25) is 0 Å². The second-order valence-corrected chi connectivity index (χ2v) is 8.64. The highest BCUT2D eigenvalue weighted by atomic mass is 32.2. The van der Waals surface area contributed by atoms with E-state index in [0.717, 1.165) is 29.7 Å². The molecule has 6 heteroatoms. The van der Waals surface area contributed by atoms with Crippen molar-refractivity contribution in [1.29, 1.82) is 0 Å². The molecule has 0 spiro atoms. The second-order valence-electron chi connectivity index (χ2n) is 6.42. The van der Waals surface area contributed by atoms with Crippen LogP contribution in [0.15, 0.2) is 65.2 Å². The van der Waals surface area contributed by atoms with E-state index >= 15 is 0 Å². The van der Waals surface area contributed by atoms with Crippen LogP contribution in [0.25, 0.3) is 0 Å². The summed E-state index contributed by atoms with van der Waals surface area (Å²) in [5.74, 6) is -0.247. The molecule has 1 aromatic heterocycles. The molecular formula is C21H22FNO2S2. The van der Waals surface area contributed by atoms with E-state index in [4.69, 9.17) is 0 Å². The largest absolute Gasteiger partial charge is 0.478 e. The van der Waals surface area contributed by atoms with E-state index in [1.165, 1.54) is 17.0 Å². The molecule has 0 saturated heterocycles. The highest BCUT2D eigenvalue weighted by molar-refractivity contribution is 8.00. The maximum atomic E-state index is 13.0. The molecule has 3 rings (SSSR count). The number of aliphatic carboxylic acids is 1. The molecule has 1 aromatic carbocycles. The number of carboxylic acid groups (broad SMARTS) is 1. The number of carboxylic acids is 1. The highest BCUT2D eigenvalue weighted by Gasteiger charge is 2.29. The van der Waals surface area contributed by atoms with Crippen LogP contribution >= 0.6 is 23.1 Å². The summed E-state index contributed by atoms with van der Waals surface area (Å²) in [4.78, 5) is 15.2. The van der Waals surface area contributed by atoms with Gasteiger partial charge in [0.25, 0.3) is 0 Å². The molecule has 0 radical (unpaired) electrons. The van der Waals surface area contributed by atoms with Crippen LogP contribution < -0.4 is 0 Å². The number of hydrogen-bond acceptors (Lipinski definition) is 4. The van der Waals surface area contributed by atoms with Gasteiger partial charge in [-0.05, 0) is 66.3 Å². The first-order valence-electron chi connectivity index (χ1n) is 8.81. The Morgan fingerprint density at radius 2 is 2.07 bits per heavy atom. The number of halogens is 1. The van der Waals surface area contributed by atoms with Gasteiger partial charge in [0.2, 0.25) is 0 Å². The van der Waals surface area contributed by atoms with Crippen LogP contribution in [0, 0.1) is 5.82 Å². The van der Waals surface area contributed by atoms with E-state index in [1.807, 2.05) is 30.6 Å². The molecule has 3 nitrogen and oxygen atoms in total. The zero-order valence-electron chi connectivity index (χ0n) is 15.1. The molecule has 0 fully saturated rings. The SMILES string of the molecule is CC1=C(C(=O)O)C(SCCCc2ccc(F)cc2)N(Cc2cccs2)C=C1. The van der Waals surface area contributed by atoms with Crippen molar-refractivity contribution in [3.63, 3.8) is 0 Å². The Bertz CT molecular complexity index is 828. The summed E-state index contributed by atoms with van der Waals surface area (Å²) in [6.45, 7) is 2.56. The fourth-order valence-electron chi connectivity index (χ4n) is 3.03. The van der Waals surface area contributed by atoms with Crippen molar-refractivity contribution >= 4 is 29.1 Å². The van der Waals surface area contributed by atoms with Gasteiger partial charge in [0.05, 0.1) is 12.1 Å². The van der Waals surface area contributed by atoms with Crippen LogP contribution in [0.5, 0.6) is 0 Å². The third-order valence-electron chi connectivity index (χ3n) is 4.44. The summed E-state index contributed by atoms with van der Waals surface area (Å²) in [7, 11) is 0. The minimum absolute atomic E-state index is 0.206. The summed E-state index contributed by atoms with van der Waals surface area (Å²) in [5, 5.41) is 11.5. The van der Waals surface area contributed by atoms with Crippen molar-refractivity contribution in [1.82, 2.24) is 4.90 Å². The molecule has 0 bridgehead atoms. The molecular weight excluding hydrogens is 381 g/mol. The molecule has 2 aromatic rings. The van der Waals surface area contributed by atoms with Gasteiger partial charge in [-0.15, -0.1) is 23.1 Å². The number of thiophene rings is 1. The molecule has 1 aliphatic heterocycles. The minimum Gasteiger partial charge on any atom is -0.478 e. The normalized spacial score (nSPS) is 16.8. The van der Waals surface area contributed by atoms with E-state index in [2.05, 4.69) is 11.0 Å². The van der Waals surface area contributed by atoms with Crippen molar-refractivity contribution < 1.29 is 14.3 Å². The van der Waals surface area contributed by atoms with E-state index in [0.29, 0.717) is 12.1 Å². The summed E-state index contributed by atoms with van der Waals surface area (Å²) < 4.78 is 13.0. The topological polar surface area (TPSA) is 40.5 Å². The number of allylic oxidation sites excluding steroid dienone is 2. The van der Waals surface area contributed by atoms with Crippen LogP contribution in [0.3, 0.4) is 0 Å². The van der Waals surface area contributed by atoms with E-state index in [1.54, 1.807) is 35.2 Å². The van der Waals surface area contributed by atoms with Crippen LogP contribution in [0.4, 0.5) is 4.39 Å². The highest BCUT2D eigenvalue weighted by Crippen LogP contribution is 2.32. The first-order chi connectivity index (χ1) is 13.0. The molecule has 0 saturated carbocycles. The third-order valence-corrected chi connectivity index (χ3v) is 6.64. The average molecular weight is 404 g/mol. The first-order valence-corrected chi connectivity index (χ1v) is 10.7. The van der Waals surface area contributed by atoms with Crippen LogP contribution in [0.1, 0.15) is 23.8 Å². The molecule has 1 unspecified atom stereocenters. The number of aryl methyl sites for hydroxylation is 1. The summed E-state index contributed by atoms with van der Waals surface area (Å²) in [5.41, 5.74) is 2.36. The van der Waals surface area contributed by atoms with E-state index < -0.39 is 5.97 Å². The Morgan fingerprint density at radius 1 is 1.30 bits per heavy atom. The number of carbonyl (C=O) groups is 1. The van der Waals surface area contributed by atoms with Gasteiger partial charge in [0.1, 0.15) is 11.2 Å². The molecule has 0 amide bonds. The van der Waals surface area contributed by atoms with Gasteiger partial charge >= 0.3 is 5.97 Å².